The highest BCUT2D eigenvalue weighted by atomic mass is 16.3. The third kappa shape index (κ3) is 2.93. The molecule has 0 saturated carbocycles. The number of carbonyl (C=O) groups is 1. The molecular formula is C19H20N2O3. The standard InChI is InChI=1S/C19H20N2O3/c1-11-3-5-13(6-4-11)18(24)17(19-20-7-8-21-19)14-10-16(23)15(22)9-12(14)2/h3-6,9-10,20-23H,7-8H2,1-2H3. The molecule has 4 N–H and O–H groups in total. The molecule has 1 fully saturated rings. The van der Waals surface area contributed by atoms with Crippen molar-refractivity contribution in [3.8, 4) is 11.5 Å². The predicted octanol–water partition coefficient (Wildman–Crippen LogP) is 2.46. The second kappa shape index (κ2) is 6.28. The summed E-state index contributed by atoms with van der Waals surface area (Å²) in [6, 6.07) is 10.3. The fourth-order valence-electron chi connectivity index (χ4n) is 2.78. The minimum Gasteiger partial charge on any atom is -0.504 e. The highest BCUT2D eigenvalue weighted by Crippen LogP contribution is 2.34. The number of aromatic hydroxyl groups is 2. The first-order valence-corrected chi connectivity index (χ1v) is 7.83. The van der Waals surface area contributed by atoms with Crippen molar-refractivity contribution in [3.05, 3.63) is 64.5 Å². The number of nitrogens with one attached hydrogen (secondary N) is 2. The number of hydrogen-bond acceptors (Lipinski definition) is 5. The fourth-order valence-corrected chi connectivity index (χ4v) is 2.78. The van der Waals surface area contributed by atoms with E-state index in [-0.39, 0.29) is 17.3 Å². The molecule has 0 unspecified atom stereocenters. The first-order chi connectivity index (χ1) is 11.5. The molecule has 1 heterocycles. The van der Waals surface area contributed by atoms with Crippen LogP contribution in [0.4, 0.5) is 0 Å². The molecule has 24 heavy (non-hydrogen) atoms. The molecule has 2 aromatic rings. The van der Waals surface area contributed by atoms with E-state index in [9.17, 15) is 15.0 Å². The van der Waals surface area contributed by atoms with Gasteiger partial charge in [-0.05, 0) is 37.1 Å². The second-order valence-electron chi connectivity index (χ2n) is 5.95. The number of aryl methyl sites for hydroxylation is 2. The molecule has 3 rings (SSSR count). The van der Waals surface area contributed by atoms with Crippen LogP contribution < -0.4 is 10.6 Å². The van der Waals surface area contributed by atoms with Crippen molar-refractivity contribution in [2.75, 3.05) is 13.1 Å². The Bertz CT molecular complexity index is 815. The zero-order chi connectivity index (χ0) is 17.3. The Morgan fingerprint density at radius 3 is 2.17 bits per heavy atom. The van der Waals surface area contributed by atoms with Gasteiger partial charge in [0.1, 0.15) is 5.82 Å². The largest absolute Gasteiger partial charge is 0.504 e. The predicted molar refractivity (Wildman–Crippen MR) is 92.9 cm³/mol. The number of allylic oxidation sites excluding steroid dienone is 1. The molecule has 1 aliphatic heterocycles. The summed E-state index contributed by atoms with van der Waals surface area (Å²) in [6.45, 7) is 5.22. The summed E-state index contributed by atoms with van der Waals surface area (Å²) in [4.78, 5) is 13.1. The normalized spacial score (nSPS) is 13.3. The van der Waals surface area contributed by atoms with Gasteiger partial charge in [-0.15, -0.1) is 0 Å². The van der Waals surface area contributed by atoms with Crippen LogP contribution in [0.2, 0.25) is 0 Å². The Morgan fingerprint density at radius 2 is 1.54 bits per heavy atom. The van der Waals surface area contributed by atoms with Crippen LogP contribution in [0.15, 0.2) is 42.2 Å². The van der Waals surface area contributed by atoms with E-state index in [2.05, 4.69) is 10.6 Å². The van der Waals surface area contributed by atoms with Crippen molar-refractivity contribution < 1.29 is 15.0 Å². The molecule has 5 heteroatoms. The van der Waals surface area contributed by atoms with Crippen LogP contribution in [-0.2, 0) is 0 Å². The van der Waals surface area contributed by atoms with E-state index in [1.165, 1.54) is 12.1 Å². The summed E-state index contributed by atoms with van der Waals surface area (Å²) in [7, 11) is 0. The molecular weight excluding hydrogens is 304 g/mol. The van der Waals surface area contributed by atoms with Crippen LogP contribution in [0, 0.1) is 13.8 Å². The highest BCUT2D eigenvalue weighted by molar-refractivity contribution is 6.29. The molecule has 0 spiro atoms. The van der Waals surface area contributed by atoms with Gasteiger partial charge in [0.15, 0.2) is 17.3 Å². The van der Waals surface area contributed by atoms with E-state index in [1.807, 2.05) is 19.1 Å². The van der Waals surface area contributed by atoms with Crippen molar-refractivity contribution in [2.24, 2.45) is 0 Å². The van der Waals surface area contributed by atoms with Gasteiger partial charge in [0.2, 0.25) is 0 Å². The zero-order valence-electron chi connectivity index (χ0n) is 13.7. The lowest BCUT2D eigenvalue weighted by molar-refractivity contribution is 0.105. The number of rotatable bonds is 3. The molecule has 124 valence electrons. The molecule has 0 bridgehead atoms. The van der Waals surface area contributed by atoms with Crippen molar-refractivity contribution >= 4 is 11.4 Å². The Balaban J connectivity index is 2.15. The van der Waals surface area contributed by atoms with Gasteiger partial charge < -0.3 is 20.8 Å². The van der Waals surface area contributed by atoms with E-state index in [0.717, 1.165) is 18.7 Å². The van der Waals surface area contributed by atoms with Crippen LogP contribution in [0.25, 0.3) is 5.57 Å². The van der Waals surface area contributed by atoms with Crippen LogP contribution in [0.1, 0.15) is 27.0 Å². The fraction of sp³-hybridized carbons (Fsp3) is 0.211. The number of phenolic OH excluding ortho intramolecular Hbond substituents is 2. The topological polar surface area (TPSA) is 81.6 Å². The van der Waals surface area contributed by atoms with E-state index >= 15 is 0 Å². The summed E-state index contributed by atoms with van der Waals surface area (Å²) in [5.41, 5.74) is 3.42. The smallest absolute Gasteiger partial charge is 0.197 e. The van der Waals surface area contributed by atoms with Gasteiger partial charge in [-0.3, -0.25) is 4.79 Å². The molecule has 2 aromatic carbocycles. The third-order valence-corrected chi connectivity index (χ3v) is 4.11. The van der Waals surface area contributed by atoms with E-state index < -0.39 is 0 Å². The first-order valence-electron chi connectivity index (χ1n) is 7.83. The minimum atomic E-state index is -0.247. The lowest BCUT2D eigenvalue weighted by atomic mass is 9.92. The maximum atomic E-state index is 13.1. The van der Waals surface area contributed by atoms with Gasteiger partial charge in [-0.25, -0.2) is 0 Å². The molecule has 1 saturated heterocycles. The number of benzene rings is 2. The number of hydrogen-bond donors (Lipinski definition) is 4. The molecule has 0 aliphatic carbocycles. The monoisotopic (exact) mass is 324 g/mol. The second-order valence-corrected chi connectivity index (χ2v) is 5.95. The van der Waals surface area contributed by atoms with E-state index in [0.29, 0.717) is 28.1 Å². The van der Waals surface area contributed by atoms with Gasteiger partial charge in [0, 0.05) is 18.7 Å². The maximum absolute atomic E-state index is 13.1. The van der Waals surface area contributed by atoms with Crippen molar-refractivity contribution in [1.29, 1.82) is 0 Å². The summed E-state index contributed by atoms with van der Waals surface area (Å²) < 4.78 is 0. The zero-order valence-corrected chi connectivity index (χ0v) is 13.7. The van der Waals surface area contributed by atoms with Crippen molar-refractivity contribution in [3.63, 3.8) is 0 Å². The van der Waals surface area contributed by atoms with Gasteiger partial charge in [0.05, 0.1) is 5.57 Å². The number of ketones is 1. The van der Waals surface area contributed by atoms with Crippen molar-refractivity contribution in [1.82, 2.24) is 10.6 Å². The lowest BCUT2D eigenvalue weighted by Gasteiger charge is -2.15. The highest BCUT2D eigenvalue weighted by Gasteiger charge is 2.24. The average Bonchev–Trinajstić information content (AvgIpc) is 3.07. The van der Waals surface area contributed by atoms with Gasteiger partial charge in [0.25, 0.3) is 0 Å². The Hall–Kier alpha value is -2.95. The maximum Gasteiger partial charge on any atom is 0.197 e. The quantitative estimate of drug-likeness (QED) is 0.396. The van der Waals surface area contributed by atoms with Gasteiger partial charge in [-0.2, -0.15) is 0 Å². The first kappa shape index (κ1) is 15.9. The Morgan fingerprint density at radius 1 is 0.958 bits per heavy atom. The van der Waals surface area contributed by atoms with Gasteiger partial charge in [-0.1, -0.05) is 29.8 Å². The van der Waals surface area contributed by atoms with Gasteiger partial charge >= 0.3 is 0 Å². The molecule has 0 atom stereocenters. The molecule has 1 aliphatic rings. The SMILES string of the molecule is Cc1ccc(C(=O)C(=C2NCCN2)c2cc(O)c(O)cc2C)cc1. The average molecular weight is 324 g/mol. The summed E-state index contributed by atoms with van der Waals surface area (Å²) in [5, 5.41) is 25.9. The lowest BCUT2D eigenvalue weighted by Crippen LogP contribution is -2.18. The minimum absolute atomic E-state index is 0.139. The van der Waals surface area contributed by atoms with E-state index in [4.69, 9.17) is 0 Å². The van der Waals surface area contributed by atoms with Crippen molar-refractivity contribution in [2.45, 2.75) is 13.8 Å². The molecule has 5 nitrogen and oxygen atoms in total. The molecule has 0 amide bonds. The van der Waals surface area contributed by atoms with E-state index in [1.54, 1.807) is 19.1 Å². The Labute approximate surface area is 140 Å². The Kier molecular flexibility index (Phi) is 4.16. The molecule has 0 radical (unpaired) electrons. The van der Waals surface area contributed by atoms with Crippen LogP contribution in [-0.4, -0.2) is 29.1 Å². The molecule has 0 aromatic heterocycles. The summed E-state index contributed by atoms with van der Waals surface area (Å²) in [5.74, 6) is 0.0629. The number of phenols is 2. The number of carbonyl (C=O) groups excluding carboxylic acids is 1. The summed E-state index contributed by atoms with van der Waals surface area (Å²) >= 11 is 0. The van der Waals surface area contributed by atoms with Crippen LogP contribution >= 0.6 is 0 Å². The third-order valence-electron chi connectivity index (χ3n) is 4.11. The summed E-state index contributed by atoms with van der Waals surface area (Å²) in [6.07, 6.45) is 0. The van der Waals surface area contributed by atoms with Crippen LogP contribution in [0.3, 0.4) is 0 Å². The number of Topliss-reactive ketones (excluding diaryl/α,β-unsaturated/α-hetero) is 1. The van der Waals surface area contributed by atoms with Crippen LogP contribution in [0.5, 0.6) is 11.5 Å².